The van der Waals surface area contributed by atoms with Crippen LogP contribution < -0.4 is 4.90 Å². The highest BCUT2D eigenvalue weighted by atomic mass is 35.5. The summed E-state index contributed by atoms with van der Waals surface area (Å²) in [6.45, 7) is 1.94. The van der Waals surface area contributed by atoms with Crippen molar-refractivity contribution in [3.05, 3.63) is 71.6 Å². The first-order chi connectivity index (χ1) is 18.1. The Kier molecular flexibility index (Phi) is 5.53. The van der Waals surface area contributed by atoms with E-state index < -0.39 is 51.1 Å². The number of imide groups is 2. The molecule has 4 aliphatic rings. The third kappa shape index (κ3) is 3.01. The minimum atomic E-state index is -2.07. The Balaban J connectivity index is 1.57. The number of allylic oxidation sites excluding steroid dienone is 2. The minimum absolute atomic E-state index is 0.103. The Labute approximate surface area is 227 Å². The standard InChI is InChI=1S/C28H23Cl2FN2O5/c1-2-32-23(35)18-12-11-16-19(21(18)24(32)36)13-27(29)25(37)33(15-9-7-14(31)8-10-15)26(38)28(27,30)22(16)17-5-3-4-6-20(17)34/h3-11,18-19,21-22,34H,2,12-13H2,1H3/t18-,19+,21-,22+,27+,28-/m0/s1. The average molecular weight is 557 g/mol. The quantitative estimate of drug-likeness (QED) is 0.348. The lowest BCUT2D eigenvalue weighted by Gasteiger charge is -2.50. The Bertz CT molecular complexity index is 1440. The molecule has 3 fully saturated rings. The molecule has 2 aromatic carbocycles. The van der Waals surface area contributed by atoms with Crippen LogP contribution in [0.4, 0.5) is 10.1 Å². The molecule has 10 heteroatoms. The van der Waals surface area contributed by atoms with E-state index >= 15 is 0 Å². The van der Waals surface area contributed by atoms with Crippen LogP contribution in [0.15, 0.2) is 60.2 Å². The number of para-hydroxylation sites is 1. The normalized spacial score (nSPS) is 34.3. The number of amides is 4. The van der Waals surface area contributed by atoms with Crippen LogP contribution in [0.5, 0.6) is 5.75 Å². The summed E-state index contributed by atoms with van der Waals surface area (Å²) in [5.41, 5.74) is 0.986. The highest BCUT2D eigenvalue weighted by molar-refractivity contribution is 6.58. The number of hydrogen-bond donors (Lipinski definition) is 1. The van der Waals surface area contributed by atoms with Crippen LogP contribution in [0, 0.1) is 23.6 Å². The summed E-state index contributed by atoms with van der Waals surface area (Å²) in [5.74, 6) is -6.02. The van der Waals surface area contributed by atoms with E-state index in [4.69, 9.17) is 23.2 Å². The zero-order valence-corrected chi connectivity index (χ0v) is 21.7. The maximum absolute atomic E-state index is 14.1. The molecule has 0 radical (unpaired) electrons. The fraction of sp³-hybridized carbons (Fsp3) is 0.357. The lowest BCUT2D eigenvalue weighted by Crippen LogP contribution is -2.60. The maximum atomic E-state index is 14.1. The highest BCUT2D eigenvalue weighted by Gasteiger charge is 2.76. The summed E-state index contributed by atoms with van der Waals surface area (Å²) < 4.78 is 13.7. The van der Waals surface area contributed by atoms with Crippen molar-refractivity contribution in [1.29, 1.82) is 0 Å². The van der Waals surface area contributed by atoms with E-state index in [9.17, 15) is 28.7 Å². The number of carbonyl (C=O) groups is 4. The molecule has 38 heavy (non-hydrogen) atoms. The Morgan fingerprint density at radius 3 is 2.32 bits per heavy atom. The molecular formula is C28H23Cl2FN2O5. The third-order valence-corrected chi connectivity index (χ3v) is 9.96. The molecule has 0 bridgehead atoms. The molecule has 4 amide bonds. The second-order valence-electron chi connectivity index (χ2n) is 10.2. The van der Waals surface area contributed by atoms with Crippen molar-refractivity contribution in [2.24, 2.45) is 17.8 Å². The molecule has 2 heterocycles. The number of hydrogen-bond acceptors (Lipinski definition) is 5. The Hall–Kier alpha value is -3.23. The number of rotatable bonds is 3. The number of benzene rings is 2. The van der Waals surface area contributed by atoms with E-state index in [1.807, 2.05) is 6.08 Å². The van der Waals surface area contributed by atoms with Crippen molar-refractivity contribution in [3.63, 3.8) is 0 Å². The van der Waals surface area contributed by atoms with Crippen LogP contribution in [0.2, 0.25) is 0 Å². The molecule has 0 aromatic heterocycles. The predicted octanol–water partition coefficient (Wildman–Crippen LogP) is 4.11. The number of carbonyl (C=O) groups excluding carboxylic acids is 4. The Morgan fingerprint density at radius 2 is 1.66 bits per heavy atom. The van der Waals surface area contributed by atoms with Crippen molar-refractivity contribution in [3.8, 4) is 5.75 Å². The van der Waals surface area contributed by atoms with Gasteiger partial charge in [-0.1, -0.05) is 29.8 Å². The molecule has 2 aliphatic carbocycles. The zero-order valence-electron chi connectivity index (χ0n) is 20.2. The van der Waals surface area contributed by atoms with Crippen molar-refractivity contribution < 1.29 is 28.7 Å². The average Bonchev–Trinajstić information content (AvgIpc) is 3.23. The summed E-state index contributed by atoms with van der Waals surface area (Å²) in [6.07, 6.45) is 1.91. The number of nitrogens with zero attached hydrogens (tertiary/aromatic N) is 2. The van der Waals surface area contributed by atoms with Gasteiger partial charge in [0, 0.05) is 18.0 Å². The van der Waals surface area contributed by atoms with Gasteiger partial charge in [-0.2, -0.15) is 0 Å². The van der Waals surface area contributed by atoms with Gasteiger partial charge >= 0.3 is 0 Å². The fourth-order valence-corrected chi connectivity index (χ4v) is 7.78. The topological polar surface area (TPSA) is 95.0 Å². The van der Waals surface area contributed by atoms with Gasteiger partial charge in [0.05, 0.1) is 17.5 Å². The summed E-state index contributed by atoms with van der Waals surface area (Å²) in [6, 6.07) is 11.2. The first-order valence-electron chi connectivity index (χ1n) is 12.4. The first-order valence-corrected chi connectivity index (χ1v) is 13.2. The van der Waals surface area contributed by atoms with Gasteiger partial charge in [0.2, 0.25) is 11.8 Å². The first kappa shape index (κ1) is 25.1. The fourth-order valence-electron chi connectivity index (χ4n) is 6.85. The lowest BCUT2D eigenvalue weighted by atomic mass is 9.56. The van der Waals surface area contributed by atoms with E-state index in [2.05, 4.69) is 0 Å². The molecule has 2 saturated heterocycles. The van der Waals surface area contributed by atoms with Gasteiger partial charge in [-0.25, -0.2) is 9.29 Å². The summed E-state index contributed by atoms with van der Waals surface area (Å²) in [4.78, 5) is 52.6. The number of alkyl halides is 2. The molecule has 1 saturated carbocycles. The lowest BCUT2D eigenvalue weighted by molar-refractivity contribution is -0.140. The maximum Gasteiger partial charge on any atom is 0.258 e. The van der Waals surface area contributed by atoms with Gasteiger partial charge in [-0.15, -0.1) is 23.2 Å². The molecular weight excluding hydrogens is 534 g/mol. The summed E-state index contributed by atoms with van der Waals surface area (Å²) in [5, 5.41) is 10.9. The number of phenolic OH excluding ortho intramolecular Hbond substituents is 1. The third-order valence-electron chi connectivity index (χ3n) is 8.55. The van der Waals surface area contributed by atoms with E-state index in [0.29, 0.717) is 5.57 Å². The number of halogens is 3. The van der Waals surface area contributed by atoms with E-state index in [-0.39, 0.29) is 48.2 Å². The Morgan fingerprint density at radius 1 is 0.974 bits per heavy atom. The highest BCUT2D eigenvalue weighted by Crippen LogP contribution is 2.66. The number of aromatic hydroxyl groups is 1. The zero-order chi connectivity index (χ0) is 27.1. The molecule has 0 spiro atoms. The second-order valence-corrected chi connectivity index (χ2v) is 11.5. The van der Waals surface area contributed by atoms with Crippen LogP contribution in [-0.4, -0.2) is 49.9 Å². The monoisotopic (exact) mass is 556 g/mol. The van der Waals surface area contributed by atoms with Gasteiger partial charge in [-0.05, 0) is 56.0 Å². The molecule has 0 unspecified atom stereocenters. The van der Waals surface area contributed by atoms with E-state index in [1.165, 1.54) is 23.1 Å². The number of phenols is 1. The molecule has 1 N–H and O–H groups in total. The molecule has 2 aromatic rings. The smallest absolute Gasteiger partial charge is 0.258 e. The summed E-state index contributed by atoms with van der Waals surface area (Å²) >= 11 is 14.4. The van der Waals surface area contributed by atoms with Crippen LogP contribution in [0.3, 0.4) is 0 Å². The van der Waals surface area contributed by atoms with Gasteiger partial charge < -0.3 is 5.11 Å². The molecule has 6 atom stereocenters. The SMILES string of the molecule is CCN1C(=O)[C@H]2[C@H](CC=C3[C@H]2C[C@@]2(Cl)C(=O)N(c4ccc(F)cc4)C(=O)[C@@]2(Cl)[C@H]3c2ccccc2O)C1=O. The van der Waals surface area contributed by atoms with E-state index in [1.54, 1.807) is 25.1 Å². The largest absolute Gasteiger partial charge is 0.508 e. The van der Waals surface area contributed by atoms with Crippen LogP contribution in [0.25, 0.3) is 0 Å². The van der Waals surface area contributed by atoms with Crippen LogP contribution >= 0.6 is 23.2 Å². The van der Waals surface area contributed by atoms with Gasteiger partial charge in [-0.3, -0.25) is 24.1 Å². The van der Waals surface area contributed by atoms with E-state index in [0.717, 1.165) is 17.0 Å². The van der Waals surface area contributed by atoms with Crippen LogP contribution in [-0.2, 0) is 19.2 Å². The predicted molar refractivity (Wildman–Crippen MR) is 137 cm³/mol. The number of likely N-dealkylation sites (tertiary alicyclic amines) is 1. The van der Waals surface area contributed by atoms with Gasteiger partial charge in [0.25, 0.3) is 11.8 Å². The number of fused-ring (bicyclic) bond motifs is 4. The van der Waals surface area contributed by atoms with Gasteiger partial charge in [0.1, 0.15) is 11.6 Å². The minimum Gasteiger partial charge on any atom is -0.508 e. The summed E-state index contributed by atoms with van der Waals surface area (Å²) in [7, 11) is 0. The molecule has 196 valence electrons. The van der Waals surface area contributed by atoms with Crippen LogP contribution in [0.1, 0.15) is 31.2 Å². The molecule has 2 aliphatic heterocycles. The number of anilines is 1. The molecule has 6 rings (SSSR count). The second kappa shape index (κ2) is 8.38. The van der Waals surface area contributed by atoms with Gasteiger partial charge in [0.15, 0.2) is 9.75 Å². The molecule has 7 nitrogen and oxygen atoms in total. The van der Waals surface area contributed by atoms with Crippen molar-refractivity contribution in [2.45, 2.75) is 35.4 Å². The van der Waals surface area contributed by atoms with Crippen molar-refractivity contribution in [2.75, 3.05) is 11.4 Å². The van der Waals surface area contributed by atoms with Crippen molar-refractivity contribution >= 4 is 52.5 Å². The van der Waals surface area contributed by atoms with Crippen molar-refractivity contribution in [1.82, 2.24) is 4.90 Å².